The fourth-order valence-corrected chi connectivity index (χ4v) is 3.23. The number of rotatable bonds is 35. The van der Waals surface area contributed by atoms with Crippen LogP contribution in [0.3, 0.4) is 0 Å². The number of carboxylic acid groups (broad SMARTS) is 1. The first-order chi connectivity index (χ1) is 22.7. The van der Waals surface area contributed by atoms with E-state index in [1.54, 1.807) is 0 Å². The van der Waals surface area contributed by atoms with Crippen LogP contribution in [0, 0.1) is 0 Å². The lowest BCUT2D eigenvalue weighted by Gasteiger charge is -2.19. The van der Waals surface area contributed by atoms with Gasteiger partial charge >= 0.3 is 18.0 Å². The van der Waals surface area contributed by atoms with Crippen molar-refractivity contribution in [3.05, 3.63) is 0 Å². The average Bonchev–Trinajstić information content (AvgIpc) is 3.01. The van der Waals surface area contributed by atoms with Crippen molar-refractivity contribution >= 4 is 18.0 Å². The van der Waals surface area contributed by atoms with Gasteiger partial charge in [-0.25, -0.2) is 4.79 Å². The Kier molecular flexibility index (Phi) is 32.2. The molecule has 0 aliphatic rings. The maximum Gasteiger partial charge on any atom is 0.407 e. The van der Waals surface area contributed by atoms with E-state index in [1.165, 1.54) is 0 Å². The van der Waals surface area contributed by atoms with Crippen LogP contribution in [0.5, 0.6) is 0 Å². The van der Waals surface area contributed by atoms with Gasteiger partial charge in [-0.2, -0.15) is 0 Å². The predicted octanol–water partition coefficient (Wildman–Crippen LogP) is 1.85. The largest absolute Gasteiger partial charge is 0.481 e. The second kappa shape index (κ2) is 33.7. The van der Waals surface area contributed by atoms with Crippen molar-refractivity contribution in [2.24, 2.45) is 0 Å². The number of hydrogen-bond acceptors (Lipinski definition) is 14. The van der Waals surface area contributed by atoms with Crippen LogP contribution in [0.25, 0.3) is 0 Å². The molecular weight excluding hydrogens is 626 g/mol. The Morgan fingerprint density at radius 1 is 0.489 bits per heavy atom. The zero-order valence-corrected chi connectivity index (χ0v) is 28.6. The molecule has 0 saturated carbocycles. The summed E-state index contributed by atoms with van der Waals surface area (Å²) in [4.78, 5) is 33.4. The number of carbonyl (C=O) groups is 3. The lowest BCUT2D eigenvalue weighted by Crippen LogP contribution is -2.34. The second-order valence-corrected chi connectivity index (χ2v) is 10.8. The topological polar surface area (TPSA) is 185 Å². The molecule has 0 bridgehead atoms. The molecule has 47 heavy (non-hydrogen) atoms. The lowest BCUT2D eigenvalue weighted by atomic mass is 10.2. The molecule has 0 spiro atoms. The summed E-state index contributed by atoms with van der Waals surface area (Å²) in [5.41, 5.74) is -0.519. The van der Waals surface area contributed by atoms with Gasteiger partial charge < -0.3 is 62.5 Å². The number of carboxylic acids is 1. The van der Waals surface area contributed by atoms with Crippen LogP contribution in [-0.2, 0) is 61.7 Å². The number of ether oxygens (including phenoxy) is 11. The van der Waals surface area contributed by atoms with Crippen molar-refractivity contribution in [3.63, 3.8) is 0 Å². The average molecular weight is 686 g/mol. The smallest absolute Gasteiger partial charge is 0.407 e. The van der Waals surface area contributed by atoms with Crippen LogP contribution in [0.1, 0.15) is 46.5 Å². The van der Waals surface area contributed by atoms with E-state index in [9.17, 15) is 14.4 Å². The number of unbranched alkanes of at least 4 members (excludes halogenated alkanes) is 1. The molecule has 0 aromatic heterocycles. The lowest BCUT2D eigenvalue weighted by molar-refractivity contribution is -0.146. The molecule has 0 fully saturated rings. The maximum absolute atomic E-state index is 11.5. The normalized spacial score (nSPS) is 11.5. The summed E-state index contributed by atoms with van der Waals surface area (Å²) < 4.78 is 58.9. The quantitative estimate of drug-likeness (QED) is 0.0727. The van der Waals surface area contributed by atoms with Crippen LogP contribution in [0.4, 0.5) is 4.79 Å². The minimum atomic E-state index is -0.866. The number of esters is 1. The molecule has 2 N–H and O–H groups in total. The maximum atomic E-state index is 11.5. The van der Waals surface area contributed by atoms with Crippen molar-refractivity contribution in [3.8, 4) is 0 Å². The minimum absolute atomic E-state index is 0.0569. The highest BCUT2D eigenvalue weighted by molar-refractivity contribution is 5.69. The van der Waals surface area contributed by atoms with Gasteiger partial charge in [0.05, 0.1) is 119 Å². The van der Waals surface area contributed by atoms with Crippen LogP contribution < -0.4 is 5.32 Å². The summed E-state index contributed by atoms with van der Waals surface area (Å²) in [6.07, 6.45) is 0.762. The van der Waals surface area contributed by atoms with Gasteiger partial charge in [0, 0.05) is 19.4 Å². The van der Waals surface area contributed by atoms with E-state index in [1.807, 2.05) is 20.8 Å². The molecule has 0 aliphatic carbocycles. The zero-order valence-electron chi connectivity index (χ0n) is 28.6. The molecule has 0 rings (SSSR count). The van der Waals surface area contributed by atoms with E-state index in [4.69, 9.17) is 57.2 Å². The van der Waals surface area contributed by atoms with Crippen LogP contribution >= 0.6 is 0 Å². The first-order valence-electron chi connectivity index (χ1n) is 16.2. The van der Waals surface area contributed by atoms with E-state index in [-0.39, 0.29) is 32.0 Å². The zero-order chi connectivity index (χ0) is 34.7. The van der Waals surface area contributed by atoms with Gasteiger partial charge in [0.1, 0.15) is 12.2 Å². The molecule has 16 nitrogen and oxygen atoms in total. The molecule has 0 saturated heterocycles. The molecule has 16 heteroatoms. The number of nitrogens with one attached hydrogen (secondary N) is 1. The Bertz CT molecular complexity index is 736. The third-order valence-corrected chi connectivity index (χ3v) is 5.40. The monoisotopic (exact) mass is 685 g/mol. The van der Waals surface area contributed by atoms with E-state index < -0.39 is 17.7 Å². The van der Waals surface area contributed by atoms with Crippen LogP contribution in [0.15, 0.2) is 0 Å². The van der Waals surface area contributed by atoms with Gasteiger partial charge in [-0.1, -0.05) is 0 Å². The van der Waals surface area contributed by atoms with Crippen molar-refractivity contribution in [1.82, 2.24) is 5.32 Å². The molecule has 0 heterocycles. The van der Waals surface area contributed by atoms with Gasteiger partial charge in [0.25, 0.3) is 0 Å². The SMILES string of the molecule is CC(C)(C)OC(=O)NCCOCCOCCOCCOCCOCCOCCOCCOCCOCCOC(=O)CCCCC(=O)O. The van der Waals surface area contributed by atoms with Gasteiger partial charge in [0.15, 0.2) is 0 Å². The number of carbonyl (C=O) groups excluding carboxylic acids is 2. The molecule has 0 unspecified atom stereocenters. The summed E-state index contributed by atoms with van der Waals surface area (Å²) >= 11 is 0. The fourth-order valence-electron chi connectivity index (χ4n) is 3.23. The minimum Gasteiger partial charge on any atom is -0.481 e. The molecule has 0 aromatic carbocycles. The van der Waals surface area contributed by atoms with Crippen molar-refractivity contribution in [2.75, 3.05) is 132 Å². The highest BCUT2D eigenvalue weighted by Gasteiger charge is 2.15. The van der Waals surface area contributed by atoms with Crippen molar-refractivity contribution in [2.45, 2.75) is 52.1 Å². The number of alkyl carbamates (subject to hydrolysis) is 1. The Labute approximate surface area is 279 Å². The second-order valence-electron chi connectivity index (χ2n) is 10.8. The molecule has 1 amide bonds. The van der Waals surface area contributed by atoms with Gasteiger partial charge in [-0.15, -0.1) is 0 Å². The fraction of sp³-hybridized carbons (Fsp3) is 0.903. The Hall–Kier alpha value is -2.15. The third kappa shape index (κ3) is 39.9. The van der Waals surface area contributed by atoms with Crippen molar-refractivity contribution < 1.29 is 71.6 Å². The summed E-state index contributed by atoms with van der Waals surface area (Å²) in [5.74, 6) is -1.22. The summed E-state index contributed by atoms with van der Waals surface area (Å²) in [6, 6.07) is 0. The summed E-state index contributed by atoms with van der Waals surface area (Å²) in [5, 5.41) is 11.2. The molecule has 0 aromatic rings. The first-order valence-corrected chi connectivity index (χ1v) is 16.2. The standard InChI is InChI=1S/C31H59NO15/c1-31(2,3)47-30(36)32-8-9-37-10-11-38-12-13-39-14-15-40-16-17-41-18-19-42-20-21-43-22-23-44-24-25-45-26-27-46-29(35)7-5-4-6-28(33)34/h4-27H2,1-3H3,(H,32,36)(H,33,34). The van der Waals surface area contributed by atoms with Gasteiger partial charge in [-0.3, -0.25) is 9.59 Å². The van der Waals surface area contributed by atoms with Gasteiger partial charge in [-0.05, 0) is 33.6 Å². The predicted molar refractivity (Wildman–Crippen MR) is 169 cm³/mol. The summed E-state index contributed by atoms with van der Waals surface area (Å²) in [6.45, 7) is 13.8. The number of hydrogen-bond donors (Lipinski definition) is 2. The van der Waals surface area contributed by atoms with Gasteiger partial charge in [0.2, 0.25) is 0 Å². The molecule has 0 aliphatic heterocycles. The third-order valence-electron chi connectivity index (χ3n) is 5.40. The number of amides is 1. The van der Waals surface area contributed by atoms with Crippen LogP contribution in [0.2, 0.25) is 0 Å². The first kappa shape index (κ1) is 44.9. The molecule has 278 valence electrons. The van der Waals surface area contributed by atoms with Crippen LogP contribution in [-0.4, -0.2) is 161 Å². The number of aliphatic carboxylic acids is 1. The molecular formula is C31H59NO15. The Morgan fingerprint density at radius 3 is 1.15 bits per heavy atom. The Morgan fingerprint density at radius 2 is 0.809 bits per heavy atom. The van der Waals surface area contributed by atoms with Crippen molar-refractivity contribution in [1.29, 1.82) is 0 Å². The van der Waals surface area contributed by atoms with E-state index in [0.29, 0.717) is 132 Å². The summed E-state index contributed by atoms with van der Waals surface area (Å²) in [7, 11) is 0. The molecule has 0 atom stereocenters. The molecule has 0 radical (unpaired) electrons. The highest BCUT2D eigenvalue weighted by atomic mass is 16.6. The highest BCUT2D eigenvalue weighted by Crippen LogP contribution is 2.06. The van der Waals surface area contributed by atoms with E-state index in [0.717, 1.165) is 0 Å². The Balaban J connectivity index is 3.15. The van der Waals surface area contributed by atoms with E-state index >= 15 is 0 Å². The van der Waals surface area contributed by atoms with E-state index in [2.05, 4.69) is 5.32 Å².